The minimum absolute atomic E-state index is 0.169. The van der Waals surface area contributed by atoms with E-state index in [-0.39, 0.29) is 5.91 Å². The molecule has 0 bridgehead atoms. The van der Waals surface area contributed by atoms with Crippen molar-refractivity contribution in [3.05, 3.63) is 17.0 Å². The Kier molecular flexibility index (Phi) is 3.47. The van der Waals surface area contributed by atoms with E-state index in [0.717, 1.165) is 44.2 Å². The van der Waals surface area contributed by atoms with Crippen molar-refractivity contribution in [2.45, 2.75) is 27.3 Å². The Bertz CT molecular complexity index is 386. The topological polar surface area (TPSA) is 49.6 Å². The van der Waals surface area contributed by atoms with Gasteiger partial charge in [-0.1, -0.05) is 5.16 Å². The lowest BCUT2D eigenvalue weighted by Gasteiger charge is -2.34. The quantitative estimate of drug-likeness (QED) is 0.768. The third-order valence-corrected chi connectivity index (χ3v) is 3.38. The summed E-state index contributed by atoms with van der Waals surface area (Å²) >= 11 is 0. The van der Waals surface area contributed by atoms with Crippen LogP contribution in [-0.4, -0.2) is 47.0 Å². The maximum atomic E-state index is 11.2. The fourth-order valence-electron chi connectivity index (χ4n) is 2.17. The molecule has 0 aromatic carbocycles. The number of carbonyl (C=O) groups excluding carboxylic acids is 1. The van der Waals surface area contributed by atoms with Gasteiger partial charge in [0.25, 0.3) is 0 Å². The standard InChI is InChI=1S/C12H19N3O2/c1-9-12(10(2)17-13-9)8-14-4-6-15(7-5-14)11(3)16/h4-8H2,1-3H3. The lowest BCUT2D eigenvalue weighted by molar-refractivity contribution is -0.130. The summed E-state index contributed by atoms with van der Waals surface area (Å²) in [5.74, 6) is 1.07. The fourth-order valence-corrected chi connectivity index (χ4v) is 2.17. The van der Waals surface area contributed by atoms with Gasteiger partial charge >= 0.3 is 0 Å². The number of amides is 1. The van der Waals surface area contributed by atoms with E-state index in [9.17, 15) is 4.79 Å². The van der Waals surface area contributed by atoms with Gasteiger partial charge in [-0.2, -0.15) is 0 Å². The lowest BCUT2D eigenvalue weighted by Crippen LogP contribution is -2.47. The minimum atomic E-state index is 0.169. The molecule has 94 valence electrons. The molecule has 0 unspecified atom stereocenters. The molecule has 2 heterocycles. The Hall–Kier alpha value is -1.36. The SMILES string of the molecule is CC(=O)N1CCN(Cc2c(C)noc2C)CC1. The van der Waals surface area contributed by atoms with Crippen LogP contribution in [0.4, 0.5) is 0 Å². The first kappa shape index (κ1) is 12.1. The van der Waals surface area contributed by atoms with E-state index in [1.54, 1.807) is 6.92 Å². The molecule has 0 spiro atoms. The Morgan fingerprint density at radius 3 is 2.41 bits per heavy atom. The summed E-state index contributed by atoms with van der Waals surface area (Å²) < 4.78 is 5.15. The first-order valence-electron chi connectivity index (χ1n) is 5.97. The second-order valence-electron chi connectivity index (χ2n) is 4.58. The summed E-state index contributed by atoms with van der Waals surface area (Å²) in [7, 11) is 0. The van der Waals surface area contributed by atoms with Crippen molar-refractivity contribution in [1.82, 2.24) is 15.0 Å². The van der Waals surface area contributed by atoms with E-state index in [0.29, 0.717) is 0 Å². The molecular formula is C12H19N3O2. The molecule has 2 rings (SSSR count). The molecule has 5 nitrogen and oxygen atoms in total. The minimum Gasteiger partial charge on any atom is -0.361 e. The third kappa shape index (κ3) is 2.66. The molecular weight excluding hydrogens is 218 g/mol. The zero-order chi connectivity index (χ0) is 12.4. The Morgan fingerprint density at radius 2 is 1.94 bits per heavy atom. The van der Waals surface area contributed by atoms with Gasteiger partial charge in [0.2, 0.25) is 5.91 Å². The monoisotopic (exact) mass is 237 g/mol. The first-order chi connectivity index (χ1) is 8.08. The summed E-state index contributed by atoms with van der Waals surface area (Å²) in [6, 6.07) is 0. The maximum absolute atomic E-state index is 11.2. The van der Waals surface area contributed by atoms with Crippen LogP contribution in [-0.2, 0) is 11.3 Å². The summed E-state index contributed by atoms with van der Waals surface area (Å²) in [6.45, 7) is 9.89. The molecule has 0 atom stereocenters. The molecule has 1 aliphatic heterocycles. The zero-order valence-corrected chi connectivity index (χ0v) is 10.7. The highest BCUT2D eigenvalue weighted by molar-refractivity contribution is 5.73. The number of hydrogen-bond acceptors (Lipinski definition) is 4. The van der Waals surface area contributed by atoms with Crippen molar-refractivity contribution >= 4 is 5.91 Å². The van der Waals surface area contributed by atoms with Gasteiger partial charge in [-0.25, -0.2) is 0 Å². The molecule has 1 saturated heterocycles. The number of hydrogen-bond donors (Lipinski definition) is 0. The van der Waals surface area contributed by atoms with Crippen LogP contribution in [0.3, 0.4) is 0 Å². The fraction of sp³-hybridized carbons (Fsp3) is 0.667. The van der Waals surface area contributed by atoms with Crippen LogP contribution in [0.25, 0.3) is 0 Å². The van der Waals surface area contributed by atoms with E-state index >= 15 is 0 Å². The predicted octanol–water partition coefficient (Wildman–Crippen LogP) is 0.956. The highest BCUT2D eigenvalue weighted by atomic mass is 16.5. The van der Waals surface area contributed by atoms with Gasteiger partial charge in [-0.15, -0.1) is 0 Å². The Morgan fingerprint density at radius 1 is 1.29 bits per heavy atom. The number of aromatic nitrogens is 1. The average Bonchev–Trinajstić information content (AvgIpc) is 2.61. The normalized spacial score (nSPS) is 17.5. The summed E-state index contributed by atoms with van der Waals surface area (Å²) in [5, 5.41) is 3.96. The van der Waals surface area contributed by atoms with Crippen LogP contribution >= 0.6 is 0 Å². The number of aryl methyl sites for hydroxylation is 2. The van der Waals surface area contributed by atoms with E-state index in [2.05, 4.69) is 10.1 Å². The van der Waals surface area contributed by atoms with Crippen LogP contribution in [0.15, 0.2) is 4.52 Å². The average molecular weight is 237 g/mol. The van der Waals surface area contributed by atoms with Gasteiger partial charge in [0.15, 0.2) is 0 Å². The van der Waals surface area contributed by atoms with Gasteiger partial charge in [0, 0.05) is 45.2 Å². The van der Waals surface area contributed by atoms with Crippen molar-refractivity contribution in [3.63, 3.8) is 0 Å². The summed E-state index contributed by atoms with van der Waals surface area (Å²) in [5.41, 5.74) is 2.15. The number of carbonyl (C=O) groups is 1. The van der Waals surface area contributed by atoms with Crippen molar-refractivity contribution in [2.75, 3.05) is 26.2 Å². The van der Waals surface area contributed by atoms with Crippen LogP contribution in [0.1, 0.15) is 23.9 Å². The van der Waals surface area contributed by atoms with E-state index < -0.39 is 0 Å². The van der Waals surface area contributed by atoms with Crippen LogP contribution in [0.5, 0.6) is 0 Å². The largest absolute Gasteiger partial charge is 0.361 e. The Balaban J connectivity index is 1.92. The zero-order valence-electron chi connectivity index (χ0n) is 10.7. The molecule has 0 aliphatic carbocycles. The van der Waals surface area contributed by atoms with Crippen molar-refractivity contribution < 1.29 is 9.32 Å². The molecule has 0 saturated carbocycles. The molecule has 1 aromatic heterocycles. The van der Waals surface area contributed by atoms with Gasteiger partial charge < -0.3 is 9.42 Å². The van der Waals surface area contributed by atoms with Gasteiger partial charge in [-0.3, -0.25) is 9.69 Å². The molecule has 1 aliphatic rings. The second-order valence-corrected chi connectivity index (χ2v) is 4.58. The van der Waals surface area contributed by atoms with Crippen LogP contribution in [0, 0.1) is 13.8 Å². The van der Waals surface area contributed by atoms with Gasteiger partial charge in [-0.05, 0) is 13.8 Å². The lowest BCUT2D eigenvalue weighted by atomic mass is 10.2. The van der Waals surface area contributed by atoms with Crippen molar-refractivity contribution in [3.8, 4) is 0 Å². The van der Waals surface area contributed by atoms with E-state index in [1.807, 2.05) is 18.7 Å². The Labute approximate surface area is 101 Å². The molecule has 0 radical (unpaired) electrons. The number of rotatable bonds is 2. The van der Waals surface area contributed by atoms with Gasteiger partial charge in [0.1, 0.15) is 5.76 Å². The van der Waals surface area contributed by atoms with Crippen LogP contribution < -0.4 is 0 Å². The smallest absolute Gasteiger partial charge is 0.219 e. The molecule has 17 heavy (non-hydrogen) atoms. The summed E-state index contributed by atoms with van der Waals surface area (Å²) in [6.07, 6.45) is 0. The van der Waals surface area contributed by atoms with E-state index in [1.165, 1.54) is 5.56 Å². The number of piperazine rings is 1. The van der Waals surface area contributed by atoms with E-state index in [4.69, 9.17) is 4.52 Å². The molecule has 0 N–H and O–H groups in total. The summed E-state index contributed by atoms with van der Waals surface area (Å²) in [4.78, 5) is 15.4. The highest BCUT2D eigenvalue weighted by Gasteiger charge is 2.20. The first-order valence-corrected chi connectivity index (χ1v) is 5.97. The molecule has 1 fully saturated rings. The maximum Gasteiger partial charge on any atom is 0.219 e. The van der Waals surface area contributed by atoms with Crippen LogP contribution in [0.2, 0.25) is 0 Å². The second kappa shape index (κ2) is 4.87. The molecule has 1 amide bonds. The molecule has 5 heteroatoms. The third-order valence-electron chi connectivity index (χ3n) is 3.38. The predicted molar refractivity (Wildman–Crippen MR) is 63.5 cm³/mol. The highest BCUT2D eigenvalue weighted by Crippen LogP contribution is 2.16. The van der Waals surface area contributed by atoms with Crippen molar-refractivity contribution in [2.24, 2.45) is 0 Å². The van der Waals surface area contributed by atoms with Crippen molar-refractivity contribution in [1.29, 1.82) is 0 Å². The number of nitrogens with zero attached hydrogens (tertiary/aromatic N) is 3. The molecule has 1 aromatic rings. The van der Waals surface area contributed by atoms with Gasteiger partial charge in [0.05, 0.1) is 5.69 Å².